The number of ether oxygens (including phenoxy) is 2. The van der Waals surface area contributed by atoms with Crippen molar-refractivity contribution in [3.05, 3.63) is 67.3 Å². The van der Waals surface area contributed by atoms with Crippen LogP contribution in [0.5, 0.6) is 17.2 Å². The molecular formula is C28H33N4O2+. The normalized spacial score (nSPS) is 26.8. The Kier molecular flexibility index (Phi) is 5.71. The first-order valence-electron chi connectivity index (χ1n) is 12.7. The maximum absolute atomic E-state index is 6.35. The average Bonchev–Trinajstić information content (AvgIpc) is 3.63. The minimum atomic E-state index is 0.165. The molecule has 6 heteroatoms. The third kappa shape index (κ3) is 4.17. The number of rotatable bonds is 6. The summed E-state index contributed by atoms with van der Waals surface area (Å²) in [6.07, 6.45) is 16.4. The van der Waals surface area contributed by atoms with Crippen LogP contribution in [-0.2, 0) is 0 Å². The van der Waals surface area contributed by atoms with Crippen molar-refractivity contribution in [3.63, 3.8) is 0 Å². The summed E-state index contributed by atoms with van der Waals surface area (Å²) in [6.45, 7) is 3.08. The van der Waals surface area contributed by atoms with E-state index in [-0.39, 0.29) is 5.54 Å². The molecule has 2 atom stereocenters. The average molecular weight is 458 g/mol. The largest absolute Gasteiger partial charge is 0.489 e. The van der Waals surface area contributed by atoms with Crippen molar-refractivity contribution in [3.8, 4) is 17.2 Å². The zero-order chi connectivity index (χ0) is 22.8. The van der Waals surface area contributed by atoms with Gasteiger partial charge in [0.15, 0.2) is 17.1 Å². The van der Waals surface area contributed by atoms with Gasteiger partial charge in [-0.2, -0.15) is 0 Å². The molecule has 3 fully saturated rings. The molecule has 1 N–H and O–H groups in total. The number of nitrogens with one attached hydrogen (secondary N) is 1. The fourth-order valence-electron chi connectivity index (χ4n) is 6.11. The van der Waals surface area contributed by atoms with Crippen molar-refractivity contribution in [1.29, 1.82) is 0 Å². The summed E-state index contributed by atoms with van der Waals surface area (Å²) in [4.78, 5) is 9.24. The third-order valence-corrected chi connectivity index (χ3v) is 7.85. The first-order chi connectivity index (χ1) is 16.7. The minimum Gasteiger partial charge on any atom is -0.489 e. The van der Waals surface area contributed by atoms with Crippen molar-refractivity contribution in [2.45, 2.75) is 56.6 Å². The Morgan fingerprint density at radius 3 is 2.29 bits per heavy atom. The van der Waals surface area contributed by atoms with Gasteiger partial charge in [0.25, 0.3) is 0 Å². The van der Waals surface area contributed by atoms with E-state index >= 15 is 0 Å². The number of hydrogen-bond donors (Lipinski definition) is 1. The monoisotopic (exact) mass is 457 g/mol. The van der Waals surface area contributed by atoms with Crippen LogP contribution in [-0.4, -0.2) is 41.2 Å². The van der Waals surface area contributed by atoms with Gasteiger partial charge < -0.3 is 14.8 Å². The Morgan fingerprint density at radius 2 is 1.56 bits per heavy atom. The predicted molar refractivity (Wildman–Crippen MR) is 134 cm³/mol. The molecule has 0 amide bonds. The summed E-state index contributed by atoms with van der Waals surface area (Å²) < 4.78 is 13.2. The number of pyridine rings is 2. The Balaban J connectivity index is 1.37. The molecule has 3 aliphatic rings. The third-order valence-electron chi connectivity index (χ3n) is 7.85. The first kappa shape index (κ1) is 21.6. The van der Waals surface area contributed by atoms with E-state index in [1.165, 1.54) is 31.4 Å². The predicted octanol–water partition coefficient (Wildman–Crippen LogP) is 5.76. The van der Waals surface area contributed by atoms with E-state index in [0.717, 1.165) is 61.8 Å². The molecule has 3 aromatic rings. The number of para-hydroxylation sites is 1. The molecule has 2 aromatic heterocycles. The highest BCUT2D eigenvalue weighted by atomic mass is 16.5. The number of benzene rings is 1. The molecule has 1 saturated carbocycles. The van der Waals surface area contributed by atoms with Crippen LogP contribution in [0.3, 0.4) is 0 Å². The first-order valence-corrected chi connectivity index (χ1v) is 12.7. The van der Waals surface area contributed by atoms with Crippen molar-refractivity contribution >= 4 is 11.4 Å². The van der Waals surface area contributed by atoms with Gasteiger partial charge in [-0.15, -0.1) is 0 Å². The Bertz CT molecular complexity index is 1130. The van der Waals surface area contributed by atoms with Gasteiger partial charge in [0, 0.05) is 18.6 Å². The summed E-state index contributed by atoms with van der Waals surface area (Å²) in [5.41, 5.74) is 2.47. The molecule has 1 spiro atoms. The second-order valence-electron chi connectivity index (χ2n) is 10.1. The molecule has 34 heavy (non-hydrogen) atoms. The molecule has 1 aliphatic carbocycles. The molecule has 4 heterocycles. The lowest BCUT2D eigenvalue weighted by molar-refractivity contribution is 0.209. The fourth-order valence-corrected chi connectivity index (χ4v) is 6.11. The van der Waals surface area contributed by atoms with Crippen molar-refractivity contribution < 1.29 is 9.47 Å². The second-order valence-corrected chi connectivity index (χ2v) is 10.1. The van der Waals surface area contributed by atoms with Crippen LogP contribution in [0.15, 0.2) is 67.3 Å². The van der Waals surface area contributed by atoms with Gasteiger partial charge in [0.1, 0.15) is 18.0 Å². The molecule has 6 nitrogen and oxygen atoms in total. The van der Waals surface area contributed by atoms with Crippen LogP contribution in [0.4, 0.5) is 11.4 Å². The highest BCUT2D eigenvalue weighted by Crippen LogP contribution is 2.46. The van der Waals surface area contributed by atoms with Gasteiger partial charge in [-0.3, -0.25) is 14.5 Å². The van der Waals surface area contributed by atoms with Crippen LogP contribution in [0, 0.1) is 0 Å². The highest BCUT2D eigenvalue weighted by Gasteiger charge is 2.52. The number of nitrogens with zero attached hydrogens (tertiary/aromatic N) is 3. The second kappa shape index (κ2) is 9.01. The maximum Gasteiger partial charge on any atom is 0.160 e. The summed E-state index contributed by atoms with van der Waals surface area (Å²) >= 11 is 0. The highest BCUT2D eigenvalue weighted by molar-refractivity contribution is 5.61. The van der Waals surface area contributed by atoms with Gasteiger partial charge in [0.05, 0.1) is 43.0 Å². The minimum absolute atomic E-state index is 0.165. The number of hydrogen-bond acceptors (Lipinski definition) is 5. The maximum atomic E-state index is 6.35. The Hall–Kier alpha value is -2.96. The summed E-state index contributed by atoms with van der Waals surface area (Å²) in [6, 6.07) is 14.3. The number of quaternary nitrogens is 1. The molecule has 6 rings (SSSR count). The van der Waals surface area contributed by atoms with Gasteiger partial charge in [-0.25, -0.2) is 0 Å². The molecule has 1 aromatic carbocycles. The quantitative estimate of drug-likeness (QED) is 0.477. The van der Waals surface area contributed by atoms with E-state index in [1.54, 1.807) is 6.20 Å². The topological polar surface area (TPSA) is 56.3 Å². The van der Waals surface area contributed by atoms with Gasteiger partial charge in [-0.1, -0.05) is 18.2 Å². The summed E-state index contributed by atoms with van der Waals surface area (Å²) in [5, 5.41) is 3.84. The van der Waals surface area contributed by atoms with Crippen molar-refractivity contribution in [2.75, 3.05) is 19.6 Å². The van der Waals surface area contributed by atoms with E-state index < -0.39 is 0 Å². The molecular weight excluding hydrogens is 424 g/mol. The zero-order valence-corrected chi connectivity index (χ0v) is 19.7. The van der Waals surface area contributed by atoms with Gasteiger partial charge >= 0.3 is 0 Å². The van der Waals surface area contributed by atoms with Crippen molar-refractivity contribution in [1.82, 2.24) is 19.8 Å². The molecule has 0 radical (unpaired) electrons. The zero-order valence-electron chi connectivity index (χ0n) is 19.7. The van der Waals surface area contributed by atoms with Crippen LogP contribution < -0.4 is 19.3 Å². The molecule has 0 bridgehead atoms. The Labute approximate surface area is 201 Å². The molecule has 176 valence electrons. The lowest BCUT2D eigenvalue weighted by Crippen LogP contribution is -2.49. The summed E-state index contributed by atoms with van der Waals surface area (Å²) in [5.74, 6) is 2.46. The Morgan fingerprint density at radius 1 is 0.824 bits per heavy atom. The van der Waals surface area contributed by atoms with E-state index in [9.17, 15) is 0 Å². The fraction of sp³-hybridized carbons (Fsp3) is 0.429. The molecule has 2 saturated heterocycles. The van der Waals surface area contributed by atoms with Crippen LogP contribution in [0.25, 0.3) is 0 Å². The van der Waals surface area contributed by atoms with Crippen LogP contribution in [0.1, 0.15) is 44.9 Å². The summed E-state index contributed by atoms with van der Waals surface area (Å²) in [7, 11) is 0. The van der Waals surface area contributed by atoms with E-state index in [2.05, 4.69) is 27.4 Å². The van der Waals surface area contributed by atoms with Crippen molar-refractivity contribution in [2.24, 2.45) is 0 Å². The number of aromatic nitrogens is 2. The molecule has 2 unspecified atom stereocenters. The van der Waals surface area contributed by atoms with Gasteiger partial charge in [0.2, 0.25) is 0 Å². The van der Waals surface area contributed by atoms with E-state index in [0.29, 0.717) is 10.6 Å². The van der Waals surface area contributed by atoms with Gasteiger partial charge in [-0.05, 0) is 57.2 Å². The lowest BCUT2D eigenvalue weighted by Gasteiger charge is -2.35. The van der Waals surface area contributed by atoms with Crippen LogP contribution in [0.2, 0.25) is 0 Å². The van der Waals surface area contributed by atoms with E-state index in [4.69, 9.17) is 9.47 Å². The molecule has 2 aliphatic heterocycles. The van der Waals surface area contributed by atoms with Crippen LogP contribution >= 0.6 is 0 Å². The van der Waals surface area contributed by atoms with E-state index in [1.807, 2.05) is 48.9 Å². The standard InChI is InChI=1S/C28H33N4O2/c1-2-7-24(8-3-1)33-26-15-22(17-29-19-26)32(14-12-28(21-32)11-6-13-31-28)23-16-27(20-30-18-23)34-25-9-4-5-10-25/h1-3,7-8,15-20,25,31H,4-6,9-14,21H2/q+1. The lowest BCUT2D eigenvalue weighted by atomic mass is 9.97. The SMILES string of the molecule is c1ccc(Oc2cncc([N+]3(c4cncc(OC5CCCC5)c4)CCC4(CCCN4)C3)c2)cc1. The smallest absolute Gasteiger partial charge is 0.160 e.